The minimum Gasteiger partial charge on any atom is -0.390 e. The van der Waals surface area contributed by atoms with Crippen LogP contribution >= 0.6 is 0 Å². The van der Waals surface area contributed by atoms with Crippen LogP contribution in [-0.4, -0.2) is 41.4 Å². The molecule has 0 radical (unpaired) electrons. The van der Waals surface area contributed by atoms with Crippen LogP contribution in [0, 0.1) is 5.92 Å². The van der Waals surface area contributed by atoms with Gasteiger partial charge in [0, 0.05) is 26.1 Å². The predicted molar refractivity (Wildman–Crippen MR) is 65.4 cm³/mol. The number of piperidine rings is 1. The monoisotopic (exact) mass is 267 g/mol. The van der Waals surface area contributed by atoms with Crippen LogP contribution in [0.2, 0.25) is 0 Å². The van der Waals surface area contributed by atoms with Gasteiger partial charge in [-0.1, -0.05) is 13.8 Å². The van der Waals surface area contributed by atoms with Gasteiger partial charge < -0.3 is 10.0 Å². The van der Waals surface area contributed by atoms with Crippen LogP contribution in [0.1, 0.15) is 46.0 Å². The summed E-state index contributed by atoms with van der Waals surface area (Å²) < 4.78 is 36.2. The van der Waals surface area contributed by atoms with E-state index in [0.717, 1.165) is 19.6 Å². The molecule has 18 heavy (non-hydrogen) atoms. The molecule has 0 aromatic carbocycles. The molecule has 1 saturated heterocycles. The fourth-order valence-corrected chi connectivity index (χ4v) is 2.54. The van der Waals surface area contributed by atoms with E-state index in [0.29, 0.717) is 18.8 Å². The number of rotatable bonds is 5. The summed E-state index contributed by atoms with van der Waals surface area (Å²) in [5.41, 5.74) is -0.876. The molecule has 2 nitrogen and oxygen atoms in total. The van der Waals surface area contributed by atoms with Gasteiger partial charge in [0.25, 0.3) is 0 Å². The largest absolute Gasteiger partial charge is 0.390 e. The maximum absolute atomic E-state index is 12.1. The quantitative estimate of drug-likeness (QED) is 0.827. The maximum Gasteiger partial charge on any atom is 0.389 e. The molecule has 1 heterocycles. The highest BCUT2D eigenvalue weighted by molar-refractivity contribution is 4.86. The van der Waals surface area contributed by atoms with Crippen molar-refractivity contribution in [1.82, 2.24) is 4.90 Å². The number of aliphatic hydroxyl groups is 1. The zero-order valence-corrected chi connectivity index (χ0v) is 11.3. The SMILES string of the molecule is CC(C)CN1CCC(O)(CCCC(F)(F)F)CC1. The van der Waals surface area contributed by atoms with Crippen molar-refractivity contribution in [3.63, 3.8) is 0 Å². The minimum absolute atomic E-state index is 0.0319. The Morgan fingerprint density at radius 3 is 2.22 bits per heavy atom. The number of hydrogen-bond donors (Lipinski definition) is 1. The first-order chi connectivity index (χ1) is 8.20. The Labute approximate surface area is 107 Å². The van der Waals surface area contributed by atoms with E-state index in [-0.39, 0.29) is 12.8 Å². The van der Waals surface area contributed by atoms with E-state index in [1.165, 1.54) is 0 Å². The first kappa shape index (κ1) is 15.8. The average molecular weight is 267 g/mol. The molecule has 0 aromatic rings. The molecule has 0 spiro atoms. The highest BCUT2D eigenvalue weighted by Gasteiger charge is 2.34. The third kappa shape index (κ3) is 6.05. The summed E-state index contributed by atoms with van der Waals surface area (Å²) in [6.45, 7) is 6.87. The average Bonchev–Trinajstić information content (AvgIpc) is 2.19. The Hall–Kier alpha value is -0.290. The van der Waals surface area contributed by atoms with Gasteiger partial charge in [0.1, 0.15) is 0 Å². The van der Waals surface area contributed by atoms with E-state index in [1.54, 1.807) is 0 Å². The van der Waals surface area contributed by atoms with Crippen LogP contribution in [0.3, 0.4) is 0 Å². The molecule has 1 rings (SSSR count). The summed E-state index contributed by atoms with van der Waals surface area (Å²) in [7, 11) is 0. The van der Waals surface area contributed by atoms with E-state index in [4.69, 9.17) is 0 Å². The number of hydrogen-bond acceptors (Lipinski definition) is 2. The summed E-state index contributed by atoms with van der Waals surface area (Å²) in [6, 6.07) is 0. The van der Waals surface area contributed by atoms with Gasteiger partial charge in [-0.15, -0.1) is 0 Å². The summed E-state index contributed by atoms with van der Waals surface area (Å²) in [6.07, 6.45) is -3.40. The van der Waals surface area contributed by atoms with Crippen LogP contribution < -0.4 is 0 Å². The van der Waals surface area contributed by atoms with Gasteiger partial charge in [-0.2, -0.15) is 13.2 Å². The van der Waals surface area contributed by atoms with Crippen molar-refractivity contribution in [1.29, 1.82) is 0 Å². The number of alkyl halides is 3. The van der Waals surface area contributed by atoms with Gasteiger partial charge >= 0.3 is 6.18 Å². The predicted octanol–water partition coefficient (Wildman–Crippen LogP) is 3.20. The fraction of sp³-hybridized carbons (Fsp3) is 1.00. The molecule has 1 N–H and O–H groups in total. The molecule has 0 aromatic heterocycles. The van der Waals surface area contributed by atoms with E-state index < -0.39 is 18.2 Å². The van der Waals surface area contributed by atoms with Gasteiger partial charge in [0.2, 0.25) is 0 Å². The summed E-state index contributed by atoms with van der Waals surface area (Å²) >= 11 is 0. The van der Waals surface area contributed by atoms with E-state index in [9.17, 15) is 18.3 Å². The number of likely N-dealkylation sites (tertiary alicyclic amines) is 1. The lowest BCUT2D eigenvalue weighted by molar-refractivity contribution is -0.139. The molecule has 0 aliphatic carbocycles. The van der Waals surface area contributed by atoms with Gasteiger partial charge in [0.05, 0.1) is 5.60 Å². The molecule has 0 bridgehead atoms. The van der Waals surface area contributed by atoms with Crippen LogP contribution in [-0.2, 0) is 0 Å². The number of nitrogens with zero attached hydrogens (tertiary/aromatic N) is 1. The second kappa shape index (κ2) is 6.24. The van der Waals surface area contributed by atoms with Gasteiger partial charge in [0.15, 0.2) is 0 Å². The van der Waals surface area contributed by atoms with Crippen molar-refractivity contribution in [3.8, 4) is 0 Å². The molecule has 1 fully saturated rings. The molecule has 0 amide bonds. The van der Waals surface area contributed by atoms with Gasteiger partial charge in [-0.3, -0.25) is 0 Å². The van der Waals surface area contributed by atoms with Crippen molar-refractivity contribution in [3.05, 3.63) is 0 Å². The molecular formula is C13H24F3NO. The number of halogens is 3. The van der Waals surface area contributed by atoms with Crippen molar-refractivity contribution >= 4 is 0 Å². The van der Waals surface area contributed by atoms with Crippen LogP contribution in [0.4, 0.5) is 13.2 Å². The van der Waals surface area contributed by atoms with Crippen LogP contribution in [0.25, 0.3) is 0 Å². The van der Waals surface area contributed by atoms with Crippen molar-refractivity contribution < 1.29 is 18.3 Å². The summed E-state index contributed by atoms with van der Waals surface area (Å²) in [5.74, 6) is 0.585. The first-order valence-corrected chi connectivity index (χ1v) is 6.72. The summed E-state index contributed by atoms with van der Waals surface area (Å²) in [5, 5.41) is 10.2. The normalized spacial score (nSPS) is 21.5. The van der Waals surface area contributed by atoms with E-state index >= 15 is 0 Å². The standard InChI is InChI=1S/C13H24F3NO/c1-11(2)10-17-8-6-12(18,7-9-17)4-3-5-13(14,15)16/h11,18H,3-10H2,1-2H3. The van der Waals surface area contributed by atoms with Gasteiger partial charge in [-0.25, -0.2) is 0 Å². The van der Waals surface area contributed by atoms with Crippen molar-refractivity contribution in [2.45, 2.75) is 57.7 Å². The second-order valence-electron chi connectivity index (χ2n) is 5.89. The molecule has 0 saturated carbocycles. The zero-order valence-electron chi connectivity index (χ0n) is 11.3. The lowest BCUT2D eigenvalue weighted by Crippen LogP contribution is -2.45. The van der Waals surface area contributed by atoms with E-state index in [2.05, 4.69) is 18.7 Å². The Bertz CT molecular complexity index is 245. The second-order valence-corrected chi connectivity index (χ2v) is 5.89. The van der Waals surface area contributed by atoms with E-state index in [1.807, 2.05) is 0 Å². The topological polar surface area (TPSA) is 23.5 Å². The molecule has 5 heteroatoms. The Balaban J connectivity index is 2.27. The minimum atomic E-state index is -4.10. The molecule has 1 aliphatic heterocycles. The first-order valence-electron chi connectivity index (χ1n) is 6.72. The van der Waals surface area contributed by atoms with Crippen molar-refractivity contribution in [2.75, 3.05) is 19.6 Å². The highest BCUT2D eigenvalue weighted by Crippen LogP contribution is 2.30. The third-order valence-corrected chi connectivity index (χ3v) is 3.51. The molecule has 0 atom stereocenters. The summed E-state index contributed by atoms with van der Waals surface area (Å²) in [4.78, 5) is 2.28. The van der Waals surface area contributed by atoms with Gasteiger partial charge in [-0.05, 0) is 31.6 Å². The lowest BCUT2D eigenvalue weighted by atomic mass is 9.86. The van der Waals surface area contributed by atoms with Crippen molar-refractivity contribution in [2.24, 2.45) is 5.92 Å². The molecule has 108 valence electrons. The smallest absolute Gasteiger partial charge is 0.389 e. The van der Waals surface area contributed by atoms with Crippen LogP contribution in [0.15, 0.2) is 0 Å². The fourth-order valence-electron chi connectivity index (χ4n) is 2.54. The zero-order chi connectivity index (χ0) is 13.8. The lowest BCUT2D eigenvalue weighted by Gasteiger charge is -2.39. The maximum atomic E-state index is 12.1. The Morgan fingerprint density at radius 2 is 1.78 bits per heavy atom. The third-order valence-electron chi connectivity index (χ3n) is 3.51. The molecular weight excluding hydrogens is 243 g/mol. The Morgan fingerprint density at radius 1 is 1.22 bits per heavy atom. The Kier molecular flexibility index (Phi) is 5.46. The molecule has 0 unspecified atom stereocenters. The highest BCUT2D eigenvalue weighted by atomic mass is 19.4. The van der Waals surface area contributed by atoms with Crippen LogP contribution in [0.5, 0.6) is 0 Å². The molecule has 1 aliphatic rings.